The molecule has 0 aromatic heterocycles. The molecule has 1 fully saturated rings. The summed E-state index contributed by atoms with van der Waals surface area (Å²) >= 11 is 3.45. The number of hydrogen-bond acceptors (Lipinski definition) is 4. The molecule has 1 aromatic rings. The fraction of sp³-hybridized carbons (Fsp3) is 0.500. The van der Waals surface area contributed by atoms with Gasteiger partial charge in [-0.3, -0.25) is 0 Å². The second kappa shape index (κ2) is 4.84. The van der Waals surface area contributed by atoms with E-state index in [2.05, 4.69) is 21.2 Å². The van der Waals surface area contributed by atoms with Gasteiger partial charge in [0, 0.05) is 25.8 Å². The third-order valence-electron chi connectivity index (χ3n) is 3.18. The van der Waals surface area contributed by atoms with E-state index in [9.17, 15) is 0 Å². The van der Waals surface area contributed by atoms with Crippen LogP contribution in [0.15, 0.2) is 16.6 Å². The molecule has 0 spiro atoms. The third-order valence-corrected chi connectivity index (χ3v) is 3.80. The standard InChI is InChI=1S/C12H16BrNO3/c1-15-10-5-9(13)11(16-2)4-8(10)12(17-3)6-14-7-12/h4-5,14H,6-7H2,1-3H3. The Kier molecular flexibility index (Phi) is 3.61. The molecule has 2 rings (SSSR count). The third kappa shape index (κ3) is 2.03. The van der Waals surface area contributed by atoms with Gasteiger partial charge in [0.15, 0.2) is 0 Å². The van der Waals surface area contributed by atoms with Crippen molar-refractivity contribution in [2.75, 3.05) is 34.4 Å². The summed E-state index contributed by atoms with van der Waals surface area (Å²) in [6.07, 6.45) is 0. The van der Waals surface area contributed by atoms with Gasteiger partial charge in [0.2, 0.25) is 0 Å². The molecule has 0 unspecified atom stereocenters. The Morgan fingerprint density at radius 2 is 1.76 bits per heavy atom. The van der Waals surface area contributed by atoms with E-state index in [0.29, 0.717) is 0 Å². The molecule has 17 heavy (non-hydrogen) atoms. The van der Waals surface area contributed by atoms with Crippen LogP contribution in [0.25, 0.3) is 0 Å². The Balaban J connectivity index is 2.50. The van der Waals surface area contributed by atoms with Crippen LogP contribution in [0.1, 0.15) is 5.56 Å². The highest BCUT2D eigenvalue weighted by Crippen LogP contribution is 2.41. The minimum Gasteiger partial charge on any atom is -0.496 e. The molecule has 1 heterocycles. The van der Waals surface area contributed by atoms with Crippen LogP contribution in [0.2, 0.25) is 0 Å². The summed E-state index contributed by atoms with van der Waals surface area (Å²) in [5.74, 6) is 1.59. The van der Waals surface area contributed by atoms with Crippen molar-refractivity contribution < 1.29 is 14.2 Å². The van der Waals surface area contributed by atoms with Gasteiger partial charge in [-0.05, 0) is 28.1 Å². The number of benzene rings is 1. The molecule has 0 bridgehead atoms. The van der Waals surface area contributed by atoms with Crippen LogP contribution < -0.4 is 14.8 Å². The predicted molar refractivity (Wildman–Crippen MR) is 68.8 cm³/mol. The molecule has 1 aliphatic rings. The van der Waals surface area contributed by atoms with E-state index in [4.69, 9.17) is 14.2 Å². The van der Waals surface area contributed by atoms with Crippen LogP contribution in [0.3, 0.4) is 0 Å². The van der Waals surface area contributed by atoms with Gasteiger partial charge >= 0.3 is 0 Å². The molecule has 0 atom stereocenters. The minimum atomic E-state index is -0.306. The maximum absolute atomic E-state index is 5.63. The van der Waals surface area contributed by atoms with Crippen LogP contribution in [-0.2, 0) is 10.3 Å². The lowest BCUT2D eigenvalue weighted by atomic mass is 9.87. The van der Waals surface area contributed by atoms with Crippen molar-refractivity contribution >= 4 is 15.9 Å². The van der Waals surface area contributed by atoms with Crippen molar-refractivity contribution in [3.63, 3.8) is 0 Å². The first-order chi connectivity index (χ1) is 8.16. The molecular formula is C12H16BrNO3. The Bertz CT molecular complexity index is 413. The number of methoxy groups -OCH3 is 3. The summed E-state index contributed by atoms with van der Waals surface area (Å²) in [6, 6.07) is 3.88. The molecule has 0 aliphatic carbocycles. The van der Waals surface area contributed by atoms with E-state index >= 15 is 0 Å². The van der Waals surface area contributed by atoms with Gasteiger partial charge in [0.05, 0.1) is 18.7 Å². The van der Waals surface area contributed by atoms with E-state index in [1.54, 1.807) is 21.3 Å². The van der Waals surface area contributed by atoms with Gasteiger partial charge in [-0.15, -0.1) is 0 Å². The second-order valence-electron chi connectivity index (χ2n) is 3.99. The average molecular weight is 302 g/mol. The molecule has 4 nitrogen and oxygen atoms in total. The predicted octanol–water partition coefficient (Wildman–Crippen LogP) is 1.91. The van der Waals surface area contributed by atoms with Gasteiger partial charge < -0.3 is 19.5 Å². The van der Waals surface area contributed by atoms with E-state index in [0.717, 1.165) is 34.6 Å². The summed E-state index contributed by atoms with van der Waals surface area (Å²) < 4.78 is 17.2. The van der Waals surface area contributed by atoms with Gasteiger partial charge in [-0.25, -0.2) is 0 Å². The number of halogens is 1. The smallest absolute Gasteiger partial charge is 0.133 e. The van der Waals surface area contributed by atoms with Gasteiger partial charge in [-0.2, -0.15) is 0 Å². The lowest BCUT2D eigenvalue weighted by Crippen LogP contribution is -2.58. The molecule has 1 aliphatic heterocycles. The quantitative estimate of drug-likeness (QED) is 0.922. The average Bonchev–Trinajstić information content (AvgIpc) is 2.29. The molecule has 0 amide bonds. The van der Waals surface area contributed by atoms with E-state index in [1.807, 2.05) is 12.1 Å². The monoisotopic (exact) mass is 301 g/mol. The molecule has 0 saturated carbocycles. The first-order valence-corrected chi connectivity index (χ1v) is 6.14. The van der Waals surface area contributed by atoms with Gasteiger partial charge in [-0.1, -0.05) is 0 Å². The molecule has 0 radical (unpaired) electrons. The fourth-order valence-corrected chi connectivity index (χ4v) is 2.50. The van der Waals surface area contributed by atoms with Crippen LogP contribution in [-0.4, -0.2) is 34.4 Å². The van der Waals surface area contributed by atoms with Gasteiger partial charge in [0.1, 0.15) is 17.1 Å². The number of nitrogens with one attached hydrogen (secondary N) is 1. The minimum absolute atomic E-state index is 0.306. The summed E-state index contributed by atoms with van der Waals surface area (Å²) in [7, 11) is 5.02. The molecule has 1 aromatic carbocycles. The zero-order valence-corrected chi connectivity index (χ0v) is 11.8. The number of hydrogen-bond donors (Lipinski definition) is 1. The van der Waals surface area contributed by atoms with Crippen LogP contribution in [0, 0.1) is 0 Å². The fourth-order valence-electron chi connectivity index (χ4n) is 2.01. The Labute approximate surface area is 109 Å². The van der Waals surface area contributed by atoms with Crippen molar-refractivity contribution in [2.24, 2.45) is 0 Å². The van der Waals surface area contributed by atoms with Gasteiger partial charge in [0.25, 0.3) is 0 Å². The summed E-state index contributed by atoms with van der Waals surface area (Å²) in [5.41, 5.74) is 0.709. The Morgan fingerprint density at radius 1 is 1.12 bits per heavy atom. The molecule has 1 saturated heterocycles. The molecule has 94 valence electrons. The van der Waals surface area contributed by atoms with E-state index in [1.165, 1.54) is 0 Å². The lowest BCUT2D eigenvalue weighted by Gasteiger charge is -2.42. The largest absolute Gasteiger partial charge is 0.496 e. The highest BCUT2D eigenvalue weighted by Gasteiger charge is 2.41. The first kappa shape index (κ1) is 12.7. The number of rotatable bonds is 4. The zero-order chi connectivity index (χ0) is 12.5. The maximum atomic E-state index is 5.63. The maximum Gasteiger partial charge on any atom is 0.133 e. The molecule has 5 heteroatoms. The second-order valence-corrected chi connectivity index (χ2v) is 4.84. The highest BCUT2D eigenvalue weighted by molar-refractivity contribution is 9.10. The van der Waals surface area contributed by atoms with E-state index in [-0.39, 0.29) is 5.60 Å². The molecule has 1 N–H and O–H groups in total. The first-order valence-electron chi connectivity index (χ1n) is 5.35. The summed E-state index contributed by atoms with van der Waals surface area (Å²) in [4.78, 5) is 0. The SMILES string of the molecule is COc1cc(C2(OC)CNC2)c(OC)cc1Br. The molecular weight excluding hydrogens is 286 g/mol. The van der Waals surface area contributed by atoms with Crippen LogP contribution in [0.5, 0.6) is 11.5 Å². The topological polar surface area (TPSA) is 39.7 Å². The van der Waals surface area contributed by atoms with Crippen LogP contribution in [0.4, 0.5) is 0 Å². The number of ether oxygens (including phenoxy) is 3. The zero-order valence-electron chi connectivity index (χ0n) is 10.2. The van der Waals surface area contributed by atoms with E-state index < -0.39 is 0 Å². The van der Waals surface area contributed by atoms with Crippen molar-refractivity contribution in [3.8, 4) is 11.5 Å². The normalized spacial score (nSPS) is 17.4. The van der Waals surface area contributed by atoms with Crippen molar-refractivity contribution in [1.82, 2.24) is 5.32 Å². The Morgan fingerprint density at radius 3 is 2.18 bits per heavy atom. The summed E-state index contributed by atoms with van der Waals surface area (Å²) in [5, 5.41) is 3.22. The van der Waals surface area contributed by atoms with Crippen molar-refractivity contribution in [3.05, 3.63) is 22.2 Å². The van der Waals surface area contributed by atoms with Crippen molar-refractivity contribution in [2.45, 2.75) is 5.60 Å². The highest BCUT2D eigenvalue weighted by atomic mass is 79.9. The summed E-state index contributed by atoms with van der Waals surface area (Å²) in [6.45, 7) is 1.56. The van der Waals surface area contributed by atoms with Crippen LogP contribution >= 0.6 is 15.9 Å². The lowest BCUT2D eigenvalue weighted by molar-refractivity contribution is -0.0580. The Hall–Kier alpha value is -0.780. The van der Waals surface area contributed by atoms with Crippen molar-refractivity contribution in [1.29, 1.82) is 0 Å².